The van der Waals surface area contributed by atoms with Crippen molar-refractivity contribution in [1.29, 1.82) is 0 Å². The third kappa shape index (κ3) is 9.16. The first-order valence-corrected chi connectivity index (χ1v) is 16.9. The number of nitrogens with zero attached hydrogens (tertiary/aromatic N) is 1. The van der Waals surface area contributed by atoms with Gasteiger partial charge in [0.05, 0.1) is 23.6 Å². The van der Waals surface area contributed by atoms with Crippen molar-refractivity contribution >= 4 is 21.8 Å². The number of hydrogen-bond donors (Lipinski definition) is 4. The molecule has 12 heteroatoms. The van der Waals surface area contributed by atoms with Gasteiger partial charge in [-0.25, -0.2) is 8.42 Å². The van der Waals surface area contributed by atoms with Crippen molar-refractivity contribution < 1.29 is 32.6 Å². The Bertz CT molecular complexity index is 1370. The van der Waals surface area contributed by atoms with Gasteiger partial charge in [-0.15, -0.1) is 0 Å². The second kappa shape index (κ2) is 15.2. The van der Waals surface area contributed by atoms with Crippen LogP contribution in [-0.2, 0) is 26.0 Å². The van der Waals surface area contributed by atoms with Gasteiger partial charge in [0.2, 0.25) is 28.6 Å². The molecule has 0 bridgehead atoms. The molecule has 1 saturated carbocycles. The zero-order valence-electron chi connectivity index (χ0n) is 26.0. The Balaban J connectivity index is 1.55. The minimum Gasteiger partial charge on any atom is -0.454 e. The van der Waals surface area contributed by atoms with E-state index in [0.29, 0.717) is 24.0 Å². The molecule has 2 amide bonds. The largest absolute Gasteiger partial charge is 0.454 e. The van der Waals surface area contributed by atoms with E-state index in [1.807, 2.05) is 58.0 Å². The highest BCUT2D eigenvalue weighted by Gasteiger charge is 2.34. The topological polar surface area (TPSA) is 146 Å². The van der Waals surface area contributed by atoms with Crippen LogP contribution in [0.4, 0.5) is 0 Å². The Morgan fingerprint density at radius 2 is 1.70 bits per heavy atom. The molecule has 0 saturated heterocycles. The summed E-state index contributed by atoms with van der Waals surface area (Å²) in [6.07, 6.45) is 1.74. The number of benzene rings is 2. The lowest BCUT2D eigenvalue weighted by molar-refractivity contribution is -0.131. The molecule has 1 fully saturated rings. The number of nitrogens with one attached hydrogen (secondary N) is 3. The molecule has 2 aliphatic rings. The third-order valence-corrected chi connectivity index (χ3v) is 9.80. The van der Waals surface area contributed by atoms with Crippen LogP contribution in [0.15, 0.2) is 53.4 Å². The van der Waals surface area contributed by atoms with Crippen LogP contribution in [-0.4, -0.2) is 80.3 Å². The summed E-state index contributed by atoms with van der Waals surface area (Å²) in [6, 6.07) is 12.5. The Labute approximate surface area is 260 Å². The summed E-state index contributed by atoms with van der Waals surface area (Å²) in [5.74, 6) is -0.0868. The van der Waals surface area contributed by atoms with Crippen LogP contribution in [0.1, 0.15) is 52.5 Å². The summed E-state index contributed by atoms with van der Waals surface area (Å²) in [6.45, 7) is 7.68. The molecule has 1 unspecified atom stereocenters. The third-order valence-electron chi connectivity index (χ3n) is 7.97. The van der Waals surface area contributed by atoms with Crippen LogP contribution >= 0.6 is 0 Å². The van der Waals surface area contributed by atoms with Crippen molar-refractivity contribution in [3.63, 3.8) is 0 Å². The number of carbonyl (C=O) groups is 2. The van der Waals surface area contributed by atoms with Crippen molar-refractivity contribution in [1.82, 2.24) is 20.3 Å². The smallest absolute Gasteiger partial charge is 0.243 e. The molecule has 1 aliphatic carbocycles. The fourth-order valence-corrected chi connectivity index (χ4v) is 6.71. The van der Waals surface area contributed by atoms with E-state index < -0.39 is 34.1 Å². The van der Waals surface area contributed by atoms with Crippen molar-refractivity contribution in [2.45, 2.75) is 82.5 Å². The molecular weight excluding hydrogens is 584 g/mol. The van der Waals surface area contributed by atoms with Gasteiger partial charge in [-0.2, -0.15) is 4.31 Å². The highest BCUT2D eigenvalue weighted by molar-refractivity contribution is 7.89. The van der Waals surface area contributed by atoms with E-state index >= 15 is 0 Å². The Hall–Kier alpha value is -3.19. The predicted molar refractivity (Wildman–Crippen MR) is 167 cm³/mol. The van der Waals surface area contributed by atoms with E-state index in [1.165, 1.54) is 16.4 Å². The highest BCUT2D eigenvalue weighted by Crippen LogP contribution is 2.35. The number of fused-ring (bicyclic) bond motifs is 1. The Kier molecular flexibility index (Phi) is 11.6. The number of aliphatic hydroxyl groups excluding tert-OH is 1. The lowest BCUT2D eigenvalue weighted by atomic mass is 9.96. The molecule has 0 radical (unpaired) electrons. The zero-order chi connectivity index (χ0) is 31.9. The number of sulfonamides is 1. The first-order chi connectivity index (χ1) is 21.0. The maximum atomic E-state index is 13.9. The van der Waals surface area contributed by atoms with Crippen molar-refractivity contribution in [2.75, 3.05) is 26.4 Å². The maximum absolute atomic E-state index is 13.9. The standard InChI is InChI=1S/C32H46N4O7S/c1-5-22(4)31(35-30(38)17-33-24-11-12-24)32(39)34-26(15-23-9-7-6-8-10-23)27(37)19-36(18-21(2)3)44(40,41)25-13-14-28-29(16-25)43-20-42-28/h6-10,13-14,16,21-22,24,26-27,31,33,37H,5,11-12,15,17-20H2,1-4H3,(H,34,39)(H,35,38)/t22-,26?,27+,31-/m0/s1. The molecule has 4 atom stereocenters. The van der Waals surface area contributed by atoms with Crippen LogP contribution < -0.4 is 25.4 Å². The molecule has 1 heterocycles. The summed E-state index contributed by atoms with van der Waals surface area (Å²) in [5, 5.41) is 20.6. The lowest BCUT2D eigenvalue weighted by Crippen LogP contribution is -2.57. The van der Waals surface area contributed by atoms with Crippen LogP contribution in [0.5, 0.6) is 11.5 Å². The maximum Gasteiger partial charge on any atom is 0.243 e. The SMILES string of the molecule is CC[C@H](C)[C@H](NC(=O)CNC1CC1)C(=O)NC(Cc1ccccc1)[C@H](O)CN(CC(C)C)S(=O)(=O)c1ccc2c(c1)OCO2. The summed E-state index contributed by atoms with van der Waals surface area (Å²) in [7, 11) is -4.04. The van der Waals surface area contributed by atoms with E-state index in [0.717, 1.165) is 18.4 Å². The van der Waals surface area contributed by atoms with Gasteiger partial charge in [0.1, 0.15) is 6.04 Å². The van der Waals surface area contributed by atoms with Gasteiger partial charge in [-0.3, -0.25) is 9.59 Å². The van der Waals surface area contributed by atoms with Gasteiger partial charge < -0.3 is 30.5 Å². The first kappa shape index (κ1) is 33.7. The van der Waals surface area contributed by atoms with Crippen LogP contribution in [0.2, 0.25) is 0 Å². The van der Waals surface area contributed by atoms with Crippen LogP contribution in [0.3, 0.4) is 0 Å². The second-order valence-corrected chi connectivity index (χ2v) is 14.1. The van der Waals surface area contributed by atoms with Gasteiger partial charge in [0.15, 0.2) is 11.5 Å². The second-order valence-electron chi connectivity index (χ2n) is 12.2. The van der Waals surface area contributed by atoms with E-state index in [1.54, 1.807) is 6.07 Å². The number of aliphatic hydroxyl groups is 1. The Morgan fingerprint density at radius 1 is 1.00 bits per heavy atom. The summed E-state index contributed by atoms with van der Waals surface area (Å²) in [5.41, 5.74) is 0.864. The van der Waals surface area contributed by atoms with E-state index in [-0.39, 0.29) is 55.5 Å². The van der Waals surface area contributed by atoms with Gasteiger partial charge in [0.25, 0.3) is 0 Å². The van der Waals surface area contributed by atoms with Crippen molar-refractivity contribution in [3.05, 3.63) is 54.1 Å². The molecule has 44 heavy (non-hydrogen) atoms. The fraction of sp³-hybridized carbons (Fsp3) is 0.562. The highest BCUT2D eigenvalue weighted by atomic mass is 32.2. The molecule has 0 spiro atoms. The van der Waals surface area contributed by atoms with E-state index in [9.17, 15) is 23.1 Å². The molecule has 0 aromatic heterocycles. The number of hydrogen-bond acceptors (Lipinski definition) is 8. The quantitative estimate of drug-likeness (QED) is 0.209. The molecular formula is C32H46N4O7S. The average molecular weight is 631 g/mol. The van der Waals surface area contributed by atoms with Gasteiger partial charge in [-0.05, 0) is 48.8 Å². The van der Waals surface area contributed by atoms with Crippen molar-refractivity contribution in [2.24, 2.45) is 11.8 Å². The van der Waals surface area contributed by atoms with Gasteiger partial charge in [-0.1, -0.05) is 64.4 Å². The first-order valence-electron chi connectivity index (χ1n) is 15.4. The van der Waals surface area contributed by atoms with Crippen LogP contribution in [0, 0.1) is 11.8 Å². The molecule has 2 aromatic rings. The molecule has 242 valence electrons. The minimum absolute atomic E-state index is 0.0171. The van der Waals surface area contributed by atoms with E-state index in [2.05, 4.69) is 16.0 Å². The molecule has 11 nitrogen and oxygen atoms in total. The number of ether oxygens (including phenoxy) is 2. The van der Waals surface area contributed by atoms with Gasteiger partial charge in [0, 0.05) is 25.2 Å². The monoisotopic (exact) mass is 630 g/mol. The molecule has 1 aliphatic heterocycles. The fourth-order valence-electron chi connectivity index (χ4n) is 5.08. The molecule has 4 rings (SSSR count). The summed E-state index contributed by atoms with van der Waals surface area (Å²) < 4.78 is 39.7. The number of rotatable bonds is 17. The summed E-state index contributed by atoms with van der Waals surface area (Å²) in [4.78, 5) is 26.4. The number of carbonyl (C=O) groups excluding carboxylic acids is 2. The van der Waals surface area contributed by atoms with Gasteiger partial charge >= 0.3 is 0 Å². The normalized spacial score (nSPS) is 17.2. The Morgan fingerprint density at radius 3 is 2.36 bits per heavy atom. The van der Waals surface area contributed by atoms with Crippen molar-refractivity contribution in [3.8, 4) is 11.5 Å². The molecule has 4 N–H and O–H groups in total. The zero-order valence-corrected chi connectivity index (χ0v) is 26.8. The lowest BCUT2D eigenvalue weighted by Gasteiger charge is -2.32. The van der Waals surface area contributed by atoms with E-state index in [4.69, 9.17) is 9.47 Å². The predicted octanol–water partition coefficient (Wildman–Crippen LogP) is 2.43. The minimum atomic E-state index is -4.04. The molecule has 2 aromatic carbocycles. The number of amides is 2. The van der Waals surface area contributed by atoms with Crippen LogP contribution in [0.25, 0.3) is 0 Å². The average Bonchev–Trinajstić information content (AvgIpc) is 3.71. The summed E-state index contributed by atoms with van der Waals surface area (Å²) >= 11 is 0.